The van der Waals surface area contributed by atoms with Gasteiger partial charge in [0.2, 0.25) is 11.8 Å². The van der Waals surface area contributed by atoms with E-state index in [1.807, 2.05) is 48.2 Å². The van der Waals surface area contributed by atoms with Crippen LogP contribution in [0.1, 0.15) is 47.3 Å². The maximum atomic E-state index is 13.8. The average Bonchev–Trinajstić information content (AvgIpc) is 3.66. The second-order valence-corrected chi connectivity index (χ2v) is 10.9. The van der Waals surface area contributed by atoms with Crippen LogP contribution in [-0.2, 0) is 32.8 Å². The van der Waals surface area contributed by atoms with Gasteiger partial charge in [-0.15, -0.1) is 0 Å². The van der Waals surface area contributed by atoms with Crippen molar-refractivity contribution < 1.29 is 19.1 Å². The number of H-pyrrole nitrogens is 1. The van der Waals surface area contributed by atoms with Crippen molar-refractivity contribution in [3.8, 4) is 5.75 Å². The molecule has 0 bridgehead atoms. The van der Waals surface area contributed by atoms with Gasteiger partial charge in [0.15, 0.2) is 0 Å². The molecule has 8 heteroatoms. The van der Waals surface area contributed by atoms with E-state index >= 15 is 0 Å². The van der Waals surface area contributed by atoms with E-state index in [1.54, 1.807) is 13.4 Å². The van der Waals surface area contributed by atoms with Crippen LogP contribution in [0.2, 0.25) is 0 Å². The normalized spacial score (nSPS) is 16.8. The number of likely N-dealkylation sites (tertiary alicyclic amines) is 1. The van der Waals surface area contributed by atoms with Gasteiger partial charge in [-0.3, -0.25) is 9.59 Å². The molecule has 1 saturated heterocycles. The summed E-state index contributed by atoms with van der Waals surface area (Å²) in [6.07, 6.45) is 5.22. The summed E-state index contributed by atoms with van der Waals surface area (Å²) >= 11 is 0. The maximum Gasteiger partial charge on any atom is 0.245 e. The van der Waals surface area contributed by atoms with E-state index in [4.69, 9.17) is 9.47 Å². The number of methoxy groups -OCH3 is 1. The van der Waals surface area contributed by atoms with E-state index in [1.165, 1.54) is 12.8 Å². The molecule has 2 N–H and O–H groups in total. The Balaban J connectivity index is 1.30. The molecule has 0 radical (unpaired) electrons. The molecule has 1 aliphatic heterocycles. The lowest BCUT2D eigenvalue weighted by molar-refractivity contribution is -0.176. The highest BCUT2D eigenvalue weighted by Crippen LogP contribution is 2.40. The first-order valence-electron chi connectivity index (χ1n) is 13.8. The van der Waals surface area contributed by atoms with E-state index in [2.05, 4.69) is 34.3 Å². The molecule has 39 heavy (non-hydrogen) atoms. The zero-order valence-corrected chi connectivity index (χ0v) is 23.0. The summed E-state index contributed by atoms with van der Waals surface area (Å²) in [5, 5.41) is 3.02. The summed E-state index contributed by atoms with van der Waals surface area (Å²) in [7, 11) is 1.62. The quantitative estimate of drug-likeness (QED) is 0.371. The van der Waals surface area contributed by atoms with E-state index < -0.39 is 11.6 Å². The number of ether oxygens (including phenoxy) is 2. The number of rotatable bonds is 12. The van der Waals surface area contributed by atoms with Crippen molar-refractivity contribution >= 4 is 11.8 Å². The number of hydrogen-bond acceptors (Lipinski definition) is 5. The average molecular weight is 531 g/mol. The highest BCUT2D eigenvalue weighted by molar-refractivity contribution is 5.88. The number of carbonyl (C=O) groups excluding carboxylic acids is 2. The third-order valence-corrected chi connectivity index (χ3v) is 7.89. The number of benzene rings is 2. The molecule has 1 atom stereocenters. The van der Waals surface area contributed by atoms with Crippen LogP contribution in [0.15, 0.2) is 54.9 Å². The molecule has 2 aromatic carbocycles. The summed E-state index contributed by atoms with van der Waals surface area (Å²) in [6.45, 7) is 5.70. The van der Waals surface area contributed by atoms with E-state index in [0.29, 0.717) is 31.8 Å². The lowest BCUT2D eigenvalue weighted by Crippen LogP contribution is -2.66. The topological polar surface area (TPSA) is 96.5 Å². The molecule has 2 heterocycles. The van der Waals surface area contributed by atoms with Crippen molar-refractivity contribution in [1.82, 2.24) is 20.2 Å². The minimum atomic E-state index is -0.676. The smallest absolute Gasteiger partial charge is 0.245 e. The van der Waals surface area contributed by atoms with Crippen LogP contribution < -0.4 is 10.1 Å². The summed E-state index contributed by atoms with van der Waals surface area (Å²) in [5.74, 6) is 1.11. The Morgan fingerprint density at radius 1 is 1.13 bits per heavy atom. The molecule has 1 aliphatic carbocycles. The van der Waals surface area contributed by atoms with Gasteiger partial charge in [0.25, 0.3) is 0 Å². The molecule has 8 nitrogen and oxygen atoms in total. The van der Waals surface area contributed by atoms with Gasteiger partial charge >= 0.3 is 0 Å². The Labute approximate surface area is 230 Å². The number of imidazole rings is 1. The monoisotopic (exact) mass is 530 g/mol. The third kappa shape index (κ3) is 6.33. The lowest BCUT2D eigenvalue weighted by atomic mass is 9.82. The maximum absolute atomic E-state index is 13.8. The number of aromatic nitrogens is 2. The molecule has 0 spiro atoms. The molecule has 206 valence electrons. The molecule has 5 rings (SSSR count). The Hall–Kier alpha value is -3.65. The predicted octanol–water partition coefficient (Wildman–Crippen LogP) is 3.86. The minimum absolute atomic E-state index is 0.0886. The van der Waals surface area contributed by atoms with Crippen molar-refractivity contribution in [3.63, 3.8) is 0 Å². The van der Waals surface area contributed by atoms with Crippen LogP contribution in [0, 0.1) is 19.8 Å². The molecular formula is C31H38N4O4. The zero-order valence-electron chi connectivity index (χ0n) is 23.0. The molecule has 3 aromatic rings. The number of hydrogen-bond donors (Lipinski definition) is 2. The summed E-state index contributed by atoms with van der Waals surface area (Å²) in [4.78, 5) is 36.0. The van der Waals surface area contributed by atoms with Crippen LogP contribution in [0.5, 0.6) is 5.75 Å². The zero-order chi connectivity index (χ0) is 27.4. The summed E-state index contributed by atoms with van der Waals surface area (Å²) < 4.78 is 11.8. The first kappa shape index (κ1) is 26.9. The van der Waals surface area contributed by atoms with Gasteiger partial charge in [-0.25, -0.2) is 4.98 Å². The minimum Gasteiger partial charge on any atom is -0.497 e. The fraction of sp³-hybridized carbons (Fsp3) is 0.452. The third-order valence-electron chi connectivity index (χ3n) is 7.89. The van der Waals surface area contributed by atoms with Crippen molar-refractivity contribution in [2.45, 2.75) is 57.6 Å². The number of carbonyl (C=O) groups is 2. The highest BCUT2D eigenvalue weighted by Gasteiger charge is 2.50. The largest absolute Gasteiger partial charge is 0.497 e. The molecule has 2 aliphatic rings. The molecule has 1 aromatic heterocycles. The van der Waals surface area contributed by atoms with Crippen molar-refractivity contribution in [2.24, 2.45) is 5.92 Å². The highest BCUT2D eigenvalue weighted by atomic mass is 16.5. The van der Waals surface area contributed by atoms with Crippen molar-refractivity contribution in [1.29, 1.82) is 0 Å². The number of nitrogens with one attached hydrogen (secondary N) is 2. The van der Waals surface area contributed by atoms with Gasteiger partial charge in [-0.2, -0.15) is 0 Å². The Morgan fingerprint density at radius 3 is 2.51 bits per heavy atom. The first-order valence-corrected chi connectivity index (χ1v) is 13.8. The lowest BCUT2D eigenvalue weighted by Gasteiger charge is -2.51. The second kappa shape index (κ2) is 11.6. The van der Waals surface area contributed by atoms with Gasteiger partial charge in [-0.05, 0) is 61.4 Å². The molecule has 2 fully saturated rings. The number of amides is 2. The summed E-state index contributed by atoms with van der Waals surface area (Å²) in [6, 6.07) is 15.2. The van der Waals surface area contributed by atoms with Gasteiger partial charge in [0, 0.05) is 25.0 Å². The standard InChI is InChI=1S/C31H38N4O4/c1-21-6-4-5-7-26(21)31(39-17-24-8-9-24)18-35(19-31)30(37)28(16-23-10-12-25(38-3)13-11-23)34-29(36)15-14-27-22(2)32-20-33-27/h4-7,10-13,20,24,28H,8-9,14-19H2,1-3H3,(H,32,33)(H,34,36)/t28-/m1/s1. The molecule has 0 unspecified atom stereocenters. The number of nitrogens with zero attached hydrogens (tertiary/aromatic N) is 2. The van der Waals surface area contributed by atoms with Gasteiger partial charge in [0.05, 0.1) is 38.8 Å². The Bertz CT molecular complexity index is 1290. The van der Waals surface area contributed by atoms with Crippen LogP contribution in [0.25, 0.3) is 0 Å². The fourth-order valence-corrected chi connectivity index (χ4v) is 5.27. The van der Waals surface area contributed by atoms with Crippen LogP contribution in [0.3, 0.4) is 0 Å². The molecule has 2 amide bonds. The number of aromatic amines is 1. The second-order valence-electron chi connectivity index (χ2n) is 10.9. The summed E-state index contributed by atoms with van der Waals surface area (Å²) in [5.41, 5.74) is 4.57. The first-order chi connectivity index (χ1) is 18.9. The molecular weight excluding hydrogens is 492 g/mol. The predicted molar refractivity (Wildman–Crippen MR) is 148 cm³/mol. The Morgan fingerprint density at radius 2 is 1.87 bits per heavy atom. The van der Waals surface area contributed by atoms with Crippen LogP contribution in [0.4, 0.5) is 0 Å². The van der Waals surface area contributed by atoms with Crippen molar-refractivity contribution in [2.75, 3.05) is 26.8 Å². The van der Waals surface area contributed by atoms with Crippen molar-refractivity contribution in [3.05, 3.63) is 82.9 Å². The van der Waals surface area contributed by atoms with Gasteiger partial charge in [-0.1, -0.05) is 36.4 Å². The van der Waals surface area contributed by atoms with Crippen LogP contribution in [-0.4, -0.2) is 59.5 Å². The van der Waals surface area contributed by atoms with E-state index in [9.17, 15) is 9.59 Å². The Kier molecular flexibility index (Phi) is 8.02. The fourth-order valence-electron chi connectivity index (χ4n) is 5.27. The van der Waals surface area contributed by atoms with Crippen LogP contribution >= 0.6 is 0 Å². The van der Waals surface area contributed by atoms with Gasteiger partial charge in [0.1, 0.15) is 17.4 Å². The number of aryl methyl sites for hydroxylation is 3. The van der Waals surface area contributed by atoms with Gasteiger partial charge < -0.3 is 24.7 Å². The SMILES string of the molecule is COc1ccc(C[C@@H](NC(=O)CCc2nc[nH]c2C)C(=O)N2CC(OCC3CC3)(c3ccccc3C)C2)cc1. The molecule has 1 saturated carbocycles. The van der Waals surface area contributed by atoms with E-state index in [0.717, 1.165) is 40.4 Å². The van der Waals surface area contributed by atoms with E-state index in [-0.39, 0.29) is 18.2 Å².